The minimum atomic E-state index is 0.468. The SMILES string of the molecule is CCc1nnc(Cl)n1CC1(CC)CCC1. The molecule has 0 spiro atoms. The van der Waals surface area contributed by atoms with E-state index in [9.17, 15) is 0 Å². The fourth-order valence-electron chi connectivity index (χ4n) is 2.37. The van der Waals surface area contributed by atoms with Gasteiger partial charge in [0.25, 0.3) is 0 Å². The fourth-order valence-corrected chi connectivity index (χ4v) is 2.56. The van der Waals surface area contributed by atoms with E-state index in [1.807, 2.05) is 0 Å². The second-order valence-corrected chi connectivity index (χ2v) is 4.87. The van der Waals surface area contributed by atoms with Gasteiger partial charge in [0.2, 0.25) is 5.28 Å². The van der Waals surface area contributed by atoms with E-state index in [0.717, 1.165) is 18.8 Å². The highest BCUT2D eigenvalue weighted by Crippen LogP contribution is 2.45. The Labute approximate surface area is 95.8 Å². The van der Waals surface area contributed by atoms with Crippen molar-refractivity contribution in [2.45, 2.75) is 52.5 Å². The monoisotopic (exact) mass is 227 g/mol. The van der Waals surface area contributed by atoms with Crippen LogP contribution in [0.5, 0.6) is 0 Å². The van der Waals surface area contributed by atoms with E-state index in [-0.39, 0.29) is 0 Å². The normalized spacial score (nSPS) is 18.9. The van der Waals surface area contributed by atoms with Gasteiger partial charge in [-0.1, -0.05) is 20.3 Å². The summed E-state index contributed by atoms with van der Waals surface area (Å²) >= 11 is 6.06. The van der Waals surface area contributed by atoms with Crippen LogP contribution in [0.15, 0.2) is 0 Å². The molecule has 0 aromatic carbocycles. The first kappa shape index (κ1) is 10.9. The quantitative estimate of drug-likeness (QED) is 0.792. The first-order valence-electron chi connectivity index (χ1n) is 5.78. The molecule has 0 radical (unpaired) electrons. The molecule has 0 amide bonds. The topological polar surface area (TPSA) is 30.7 Å². The third-order valence-corrected chi connectivity index (χ3v) is 4.04. The lowest BCUT2D eigenvalue weighted by molar-refractivity contribution is 0.0991. The van der Waals surface area contributed by atoms with Gasteiger partial charge in [-0.05, 0) is 36.3 Å². The average molecular weight is 228 g/mol. The molecule has 84 valence electrons. The molecule has 1 aromatic heterocycles. The van der Waals surface area contributed by atoms with Gasteiger partial charge in [0.05, 0.1) is 0 Å². The third-order valence-electron chi connectivity index (χ3n) is 3.76. The van der Waals surface area contributed by atoms with Gasteiger partial charge in [-0.25, -0.2) is 0 Å². The van der Waals surface area contributed by atoms with Gasteiger partial charge >= 0.3 is 0 Å². The predicted octanol–water partition coefficient (Wildman–Crippen LogP) is 3.07. The van der Waals surface area contributed by atoms with Crippen LogP contribution < -0.4 is 0 Å². The Morgan fingerprint density at radius 3 is 2.53 bits per heavy atom. The second-order valence-electron chi connectivity index (χ2n) is 4.53. The fraction of sp³-hybridized carbons (Fsp3) is 0.818. The number of nitrogens with zero attached hydrogens (tertiary/aromatic N) is 3. The molecule has 1 aromatic rings. The van der Waals surface area contributed by atoms with Gasteiger partial charge in [-0.2, -0.15) is 0 Å². The van der Waals surface area contributed by atoms with Crippen LogP contribution in [0.1, 0.15) is 45.4 Å². The van der Waals surface area contributed by atoms with Crippen LogP contribution in [0.2, 0.25) is 5.28 Å². The van der Waals surface area contributed by atoms with Crippen LogP contribution in [0.3, 0.4) is 0 Å². The zero-order chi connectivity index (χ0) is 10.9. The maximum atomic E-state index is 6.06. The summed E-state index contributed by atoms with van der Waals surface area (Å²) in [5.74, 6) is 1.01. The van der Waals surface area contributed by atoms with Gasteiger partial charge < -0.3 is 4.57 Å². The van der Waals surface area contributed by atoms with E-state index in [1.165, 1.54) is 25.7 Å². The van der Waals surface area contributed by atoms with Crippen molar-refractivity contribution in [3.63, 3.8) is 0 Å². The molecule has 1 saturated carbocycles. The molecular weight excluding hydrogens is 210 g/mol. The van der Waals surface area contributed by atoms with E-state index in [4.69, 9.17) is 11.6 Å². The lowest BCUT2D eigenvalue weighted by Gasteiger charge is -2.41. The van der Waals surface area contributed by atoms with E-state index in [1.54, 1.807) is 0 Å². The molecule has 3 nitrogen and oxygen atoms in total. The van der Waals surface area contributed by atoms with Crippen LogP contribution in [-0.2, 0) is 13.0 Å². The zero-order valence-corrected chi connectivity index (χ0v) is 10.2. The van der Waals surface area contributed by atoms with Crippen molar-refractivity contribution in [3.05, 3.63) is 11.1 Å². The largest absolute Gasteiger partial charge is 0.301 e. The predicted molar refractivity (Wildman–Crippen MR) is 61.0 cm³/mol. The first-order chi connectivity index (χ1) is 7.21. The van der Waals surface area contributed by atoms with Gasteiger partial charge in [0, 0.05) is 13.0 Å². The highest BCUT2D eigenvalue weighted by Gasteiger charge is 2.36. The highest BCUT2D eigenvalue weighted by atomic mass is 35.5. The molecule has 0 saturated heterocycles. The average Bonchev–Trinajstić information content (AvgIpc) is 2.53. The minimum absolute atomic E-state index is 0.468. The maximum Gasteiger partial charge on any atom is 0.225 e. The van der Waals surface area contributed by atoms with Crippen molar-refractivity contribution in [1.82, 2.24) is 14.8 Å². The van der Waals surface area contributed by atoms with E-state index in [2.05, 4.69) is 28.6 Å². The summed E-state index contributed by atoms with van der Waals surface area (Å²) in [5.41, 5.74) is 0.468. The number of rotatable bonds is 4. The molecule has 1 aliphatic rings. The highest BCUT2D eigenvalue weighted by molar-refractivity contribution is 6.28. The summed E-state index contributed by atoms with van der Waals surface area (Å²) in [4.78, 5) is 0. The van der Waals surface area contributed by atoms with Crippen LogP contribution in [0.4, 0.5) is 0 Å². The molecule has 0 atom stereocenters. The molecule has 0 N–H and O–H groups in total. The summed E-state index contributed by atoms with van der Waals surface area (Å²) in [7, 11) is 0. The minimum Gasteiger partial charge on any atom is -0.301 e. The third kappa shape index (κ3) is 1.89. The zero-order valence-electron chi connectivity index (χ0n) is 9.46. The molecule has 1 aliphatic carbocycles. The van der Waals surface area contributed by atoms with Gasteiger partial charge in [0.1, 0.15) is 5.82 Å². The Balaban J connectivity index is 2.18. The van der Waals surface area contributed by atoms with Crippen molar-refractivity contribution in [2.75, 3.05) is 0 Å². The summed E-state index contributed by atoms with van der Waals surface area (Å²) in [5, 5.41) is 8.58. The number of aromatic nitrogens is 3. The van der Waals surface area contributed by atoms with Crippen LogP contribution in [-0.4, -0.2) is 14.8 Å². The molecular formula is C11H18ClN3. The summed E-state index contributed by atoms with van der Waals surface area (Å²) < 4.78 is 2.09. The van der Waals surface area contributed by atoms with Crippen molar-refractivity contribution < 1.29 is 0 Å². The van der Waals surface area contributed by atoms with E-state index < -0.39 is 0 Å². The molecule has 0 bridgehead atoms. The molecule has 15 heavy (non-hydrogen) atoms. The van der Waals surface area contributed by atoms with Crippen LogP contribution in [0, 0.1) is 5.41 Å². The van der Waals surface area contributed by atoms with Crippen LogP contribution in [0.25, 0.3) is 0 Å². The summed E-state index contributed by atoms with van der Waals surface area (Å²) in [6, 6.07) is 0. The van der Waals surface area contributed by atoms with Crippen LogP contribution >= 0.6 is 11.6 Å². The van der Waals surface area contributed by atoms with Gasteiger partial charge in [0.15, 0.2) is 0 Å². The number of hydrogen-bond donors (Lipinski definition) is 0. The molecule has 1 fully saturated rings. The lowest BCUT2D eigenvalue weighted by atomic mass is 9.67. The van der Waals surface area contributed by atoms with Crippen molar-refractivity contribution in [2.24, 2.45) is 5.41 Å². The summed E-state index contributed by atoms with van der Waals surface area (Å²) in [6.07, 6.45) is 6.13. The van der Waals surface area contributed by atoms with Crippen molar-refractivity contribution in [3.8, 4) is 0 Å². The number of aryl methyl sites for hydroxylation is 1. The standard InChI is InChI=1S/C11H18ClN3/c1-3-9-13-14-10(12)15(9)8-11(4-2)6-5-7-11/h3-8H2,1-2H3. The molecule has 0 unspecified atom stereocenters. The lowest BCUT2D eigenvalue weighted by Crippen LogP contribution is -2.34. The Kier molecular flexibility index (Phi) is 3.01. The second kappa shape index (κ2) is 4.12. The molecule has 2 rings (SSSR count). The van der Waals surface area contributed by atoms with Crippen molar-refractivity contribution in [1.29, 1.82) is 0 Å². The molecule has 1 heterocycles. The van der Waals surface area contributed by atoms with E-state index in [0.29, 0.717) is 10.7 Å². The number of hydrogen-bond acceptors (Lipinski definition) is 2. The van der Waals surface area contributed by atoms with Gasteiger partial charge in [-0.3, -0.25) is 0 Å². The molecule has 4 heteroatoms. The smallest absolute Gasteiger partial charge is 0.225 e. The van der Waals surface area contributed by atoms with Crippen molar-refractivity contribution >= 4 is 11.6 Å². The van der Waals surface area contributed by atoms with Gasteiger partial charge in [-0.15, -0.1) is 10.2 Å². The Hall–Kier alpha value is -0.570. The Morgan fingerprint density at radius 2 is 2.07 bits per heavy atom. The first-order valence-corrected chi connectivity index (χ1v) is 6.16. The van der Waals surface area contributed by atoms with E-state index >= 15 is 0 Å². The Morgan fingerprint density at radius 1 is 1.33 bits per heavy atom. The molecule has 0 aliphatic heterocycles. The summed E-state index contributed by atoms with van der Waals surface area (Å²) in [6.45, 7) is 5.36. The number of halogens is 1. The Bertz CT molecular complexity index is 336. The maximum absolute atomic E-state index is 6.06.